The summed E-state index contributed by atoms with van der Waals surface area (Å²) >= 11 is 0. The van der Waals surface area contributed by atoms with Crippen molar-refractivity contribution >= 4 is 16.5 Å². The summed E-state index contributed by atoms with van der Waals surface area (Å²) in [5.41, 5.74) is 5.76. The lowest BCUT2D eigenvalue weighted by Crippen LogP contribution is -1.90. The van der Waals surface area contributed by atoms with Gasteiger partial charge < -0.3 is 0 Å². The van der Waals surface area contributed by atoms with Crippen molar-refractivity contribution in [3.8, 4) is 22.3 Å². The number of non-ortho nitro benzene ring substituents is 1. The smallest absolute Gasteiger partial charge is 0.258 e. The molecule has 4 aromatic rings. The summed E-state index contributed by atoms with van der Waals surface area (Å²) in [6.07, 6.45) is 0. The third-order valence-electron chi connectivity index (χ3n) is 4.73. The van der Waals surface area contributed by atoms with Crippen LogP contribution in [0.3, 0.4) is 0 Å². The lowest BCUT2D eigenvalue weighted by molar-refractivity contribution is -0.384. The Bertz CT molecular complexity index is 1110. The molecule has 0 heterocycles. The van der Waals surface area contributed by atoms with Crippen LogP contribution in [0.1, 0.15) is 5.56 Å². The van der Waals surface area contributed by atoms with Crippen LogP contribution in [0.2, 0.25) is 0 Å². The molecule has 0 atom stereocenters. The average molecular weight is 339 g/mol. The van der Waals surface area contributed by atoms with Gasteiger partial charge in [-0.05, 0) is 57.6 Å². The van der Waals surface area contributed by atoms with Gasteiger partial charge in [0, 0.05) is 12.1 Å². The first-order valence-corrected chi connectivity index (χ1v) is 8.48. The van der Waals surface area contributed by atoms with Crippen LogP contribution in [0, 0.1) is 17.0 Å². The molecule has 3 heteroatoms. The van der Waals surface area contributed by atoms with Gasteiger partial charge in [0.25, 0.3) is 5.69 Å². The minimum Gasteiger partial charge on any atom is -0.258 e. The second-order valence-corrected chi connectivity index (χ2v) is 6.33. The molecule has 0 radical (unpaired) electrons. The summed E-state index contributed by atoms with van der Waals surface area (Å²) < 4.78 is 0. The number of hydrogen-bond donors (Lipinski definition) is 0. The standard InChI is InChI=1S/C23H17NO2/c1-16-6-2-3-9-20(16)22-11-5-8-18-7-4-10-21(23(18)22)17-12-14-19(15-13-17)24(25)26/h2-15H,1H3. The average Bonchev–Trinajstić information content (AvgIpc) is 2.67. The van der Waals surface area contributed by atoms with Crippen molar-refractivity contribution in [2.75, 3.05) is 0 Å². The second-order valence-electron chi connectivity index (χ2n) is 6.33. The van der Waals surface area contributed by atoms with Crippen molar-refractivity contribution in [1.29, 1.82) is 0 Å². The SMILES string of the molecule is Cc1ccccc1-c1cccc2cccc(-c3ccc([N+](=O)[O-])cc3)c12. The van der Waals surface area contributed by atoms with E-state index in [0.717, 1.165) is 21.9 Å². The Morgan fingerprint density at radius 1 is 0.692 bits per heavy atom. The highest BCUT2D eigenvalue weighted by molar-refractivity contribution is 6.06. The van der Waals surface area contributed by atoms with Crippen molar-refractivity contribution < 1.29 is 4.92 Å². The van der Waals surface area contributed by atoms with E-state index in [-0.39, 0.29) is 10.6 Å². The van der Waals surface area contributed by atoms with Crippen LogP contribution in [0.15, 0.2) is 84.9 Å². The van der Waals surface area contributed by atoms with Crippen molar-refractivity contribution in [3.63, 3.8) is 0 Å². The highest BCUT2D eigenvalue weighted by Crippen LogP contribution is 2.37. The van der Waals surface area contributed by atoms with Gasteiger partial charge >= 0.3 is 0 Å². The maximum atomic E-state index is 10.9. The topological polar surface area (TPSA) is 43.1 Å². The molecule has 4 aromatic carbocycles. The molecule has 0 amide bonds. The van der Waals surface area contributed by atoms with Gasteiger partial charge in [-0.3, -0.25) is 10.1 Å². The highest BCUT2D eigenvalue weighted by Gasteiger charge is 2.12. The van der Waals surface area contributed by atoms with Crippen LogP contribution < -0.4 is 0 Å². The van der Waals surface area contributed by atoms with Crippen LogP contribution in [0.25, 0.3) is 33.0 Å². The van der Waals surface area contributed by atoms with Crippen LogP contribution in [-0.2, 0) is 0 Å². The molecule has 0 unspecified atom stereocenters. The van der Waals surface area contributed by atoms with E-state index in [1.807, 2.05) is 24.3 Å². The van der Waals surface area contributed by atoms with E-state index in [4.69, 9.17) is 0 Å². The van der Waals surface area contributed by atoms with E-state index >= 15 is 0 Å². The number of aryl methyl sites for hydroxylation is 1. The Hall–Kier alpha value is -3.46. The largest absolute Gasteiger partial charge is 0.269 e. The van der Waals surface area contributed by atoms with Gasteiger partial charge in [0.05, 0.1) is 4.92 Å². The molecule has 126 valence electrons. The Labute approximate surface area is 151 Å². The van der Waals surface area contributed by atoms with Crippen LogP contribution in [-0.4, -0.2) is 4.92 Å². The van der Waals surface area contributed by atoms with E-state index in [0.29, 0.717) is 0 Å². The fraction of sp³-hybridized carbons (Fsp3) is 0.0435. The summed E-state index contributed by atoms with van der Waals surface area (Å²) in [5, 5.41) is 13.3. The third kappa shape index (κ3) is 2.74. The second kappa shape index (κ2) is 6.45. The Morgan fingerprint density at radius 2 is 1.31 bits per heavy atom. The number of nitrogens with zero attached hydrogens (tertiary/aromatic N) is 1. The molecule has 0 bridgehead atoms. The van der Waals surface area contributed by atoms with Gasteiger partial charge in [-0.15, -0.1) is 0 Å². The lowest BCUT2D eigenvalue weighted by Gasteiger charge is -2.14. The van der Waals surface area contributed by atoms with Crippen LogP contribution in [0.4, 0.5) is 5.69 Å². The summed E-state index contributed by atoms with van der Waals surface area (Å²) in [4.78, 5) is 10.6. The van der Waals surface area contributed by atoms with Crippen molar-refractivity contribution in [2.24, 2.45) is 0 Å². The number of fused-ring (bicyclic) bond motifs is 1. The fourth-order valence-corrected chi connectivity index (χ4v) is 3.44. The summed E-state index contributed by atoms with van der Waals surface area (Å²) in [5.74, 6) is 0. The summed E-state index contributed by atoms with van der Waals surface area (Å²) in [6.45, 7) is 2.11. The molecule has 0 saturated heterocycles. The Balaban J connectivity index is 1.99. The Morgan fingerprint density at radius 3 is 1.96 bits per heavy atom. The number of nitro benzene ring substituents is 1. The molecule has 0 aliphatic heterocycles. The maximum Gasteiger partial charge on any atom is 0.269 e. The van der Waals surface area contributed by atoms with Gasteiger partial charge in [-0.1, -0.05) is 60.7 Å². The first-order valence-electron chi connectivity index (χ1n) is 8.48. The number of hydrogen-bond acceptors (Lipinski definition) is 2. The zero-order valence-corrected chi connectivity index (χ0v) is 14.3. The van der Waals surface area contributed by atoms with Crippen molar-refractivity contribution in [1.82, 2.24) is 0 Å². The molecular weight excluding hydrogens is 322 g/mol. The minimum atomic E-state index is -0.369. The molecule has 0 saturated carbocycles. The molecule has 0 aliphatic rings. The maximum absolute atomic E-state index is 10.9. The first-order chi connectivity index (χ1) is 12.6. The Kier molecular flexibility index (Phi) is 3.98. The summed E-state index contributed by atoms with van der Waals surface area (Å²) in [6, 6.07) is 27.6. The number of nitro groups is 1. The predicted octanol–water partition coefficient (Wildman–Crippen LogP) is 6.39. The van der Waals surface area contributed by atoms with Gasteiger partial charge in [0.1, 0.15) is 0 Å². The molecule has 0 N–H and O–H groups in total. The predicted molar refractivity (Wildman–Crippen MR) is 106 cm³/mol. The summed E-state index contributed by atoms with van der Waals surface area (Å²) in [7, 11) is 0. The van der Waals surface area contributed by atoms with Gasteiger partial charge in [0.2, 0.25) is 0 Å². The first kappa shape index (κ1) is 16.0. The third-order valence-corrected chi connectivity index (χ3v) is 4.73. The molecule has 3 nitrogen and oxygen atoms in total. The molecule has 0 fully saturated rings. The minimum absolute atomic E-state index is 0.105. The molecule has 0 aromatic heterocycles. The van der Waals surface area contributed by atoms with E-state index in [1.165, 1.54) is 16.7 Å². The normalized spacial score (nSPS) is 10.8. The van der Waals surface area contributed by atoms with E-state index in [1.54, 1.807) is 12.1 Å². The molecule has 0 spiro atoms. The molecule has 26 heavy (non-hydrogen) atoms. The van der Waals surface area contributed by atoms with Gasteiger partial charge in [0.15, 0.2) is 0 Å². The molecule has 4 rings (SSSR count). The van der Waals surface area contributed by atoms with Gasteiger partial charge in [-0.25, -0.2) is 0 Å². The monoisotopic (exact) mass is 339 g/mol. The lowest BCUT2D eigenvalue weighted by atomic mass is 9.90. The van der Waals surface area contributed by atoms with Gasteiger partial charge in [-0.2, -0.15) is 0 Å². The van der Waals surface area contributed by atoms with Crippen molar-refractivity contribution in [2.45, 2.75) is 6.92 Å². The zero-order chi connectivity index (χ0) is 18.1. The van der Waals surface area contributed by atoms with Crippen molar-refractivity contribution in [3.05, 3.63) is 101 Å². The molecular formula is C23H17NO2. The quantitative estimate of drug-likeness (QED) is 0.320. The van der Waals surface area contributed by atoms with Crippen LogP contribution in [0.5, 0.6) is 0 Å². The zero-order valence-electron chi connectivity index (χ0n) is 14.3. The number of rotatable bonds is 3. The fourth-order valence-electron chi connectivity index (χ4n) is 3.44. The van der Waals surface area contributed by atoms with Crippen LogP contribution >= 0.6 is 0 Å². The highest BCUT2D eigenvalue weighted by atomic mass is 16.6. The number of benzene rings is 4. The van der Waals surface area contributed by atoms with E-state index in [9.17, 15) is 10.1 Å². The van der Waals surface area contributed by atoms with E-state index in [2.05, 4.69) is 55.5 Å². The molecule has 0 aliphatic carbocycles. The van der Waals surface area contributed by atoms with E-state index < -0.39 is 0 Å².